The number of hydrogen-bond donors (Lipinski definition) is 0. The highest BCUT2D eigenvalue weighted by Crippen LogP contribution is 2.56. The van der Waals surface area contributed by atoms with Crippen molar-refractivity contribution in [3.8, 4) is 0 Å². The molecule has 4 unspecified atom stereocenters. The first-order valence-electron chi connectivity index (χ1n) is 5.97. The van der Waals surface area contributed by atoms with Crippen molar-refractivity contribution >= 4 is 0 Å². The lowest BCUT2D eigenvalue weighted by Crippen LogP contribution is -2.34. The van der Waals surface area contributed by atoms with Gasteiger partial charge in [0.05, 0.1) is 0 Å². The van der Waals surface area contributed by atoms with Gasteiger partial charge in [-0.1, -0.05) is 56.3 Å². The standard InChI is InChI=1S/C15H18/c1-11-12-8-9-14(10-12)15(11,2)13-6-4-3-5-7-13/h3-9,11-12,14H,10H2,1-2H3. The molecule has 0 heteroatoms. The minimum Gasteiger partial charge on any atom is -0.0848 e. The van der Waals surface area contributed by atoms with Crippen LogP contribution in [0.3, 0.4) is 0 Å². The highest BCUT2D eigenvalue weighted by molar-refractivity contribution is 5.34. The molecule has 1 saturated carbocycles. The molecule has 2 aliphatic carbocycles. The third-order valence-corrected chi connectivity index (χ3v) is 4.87. The van der Waals surface area contributed by atoms with Gasteiger partial charge in [-0.3, -0.25) is 0 Å². The van der Waals surface area contributed by atoms with Crippen LogP contribution in [-0.4, -0.2) is 0 Å². The fourth-order valence-corrected chi connectivity index (χ4v) is 3.60. The Morgan fingerprint density at radius 3 is 2.47 bits per heavy atom. The molecule has 0 N–H and O–H groups in total. The molecule has 4 atom stereocenters. The van der Waals surface area contributed by atoms with Gasteiger partial charge in [-0.05, 0) is 29.7 Å². The van der Waals surface area contributed by atoms with Crippen molar-refractivity contribution in [2.24, 2.45) is 17.8 Å². The molecule has 15 heavy (non-hydrogen) atoms. The van der Waals surface area contributed by atoms with Gasteiger partial charge >= 0.3 is 0 Å². The zero-order valence-corrected chi connectivity index (χ0v) is 9.48. The summed E-state index contributed by atoms with van der Waals surface area (Å²) in [4.78, 5) is 0. The Morgan fingerprint density at radius 2 is 1.87 bits per heavy atom. The van der Waals surface area contributed by atoms with E-state index in [1.165, 1.54) is 12.0 Å². The van der Waals surface area contributed by atoms with E-state index < -0.39 is 0 Å². The molecule has 2 aliphatic rings. The molecule has 0 saturated heterocycles. The summed E-state index contributed by atoms with van der Waals surface area (Å²) in [7, 11) is 0. The smallest absolute Gasteiger partial charge is 0.00188 e. The SMILES string of the molecule is CC1C2C=CC(C2)C1(C)c1ccccc1. The molecule has 0 heterocycles. The molecule has 0 amide bonds. The van der Waals surface area contributed by atoms with Crippen molar-refractivity contribution in [3.05, 3.63) is 48.0 Å². The van der Waals surface area contributed by atoms with E-state index in [2.05, 4.69) is 56.3 Å². The van der Waals surface area contributed by atoms with E-state index in [1.54, 1.807) is 0 Å². The minimum absolute atomic E-state index is 0.376. The Labute approximate surface area is 92.0 Å². The van der Waals surface area contributed by atoms with Crippen LogP contribution in [-0.2, 0) is 5.41 Å². The molecule has 1 aromatic carbocycles. The summed E-state index contributed by atoms with van der Waals surface area (Å²) in [5.41, 5.74) is 1.90. The normalized spacial score (nSPS) is 42.4. The van der Waals surface area contributed by atoms with Crippen LogP contribution in [0.25, 0.3) is 0 Å². The molecule has 78 valence electrons. The Kier molecular flexibility index (Phi) is 1.83. The predicted molar refractivity (Wildman–Crippen MR) is 63.7 cm³/mol. The Bertz CT molecular complexity index is 390. The van der Waals surface area contributed by atoms with Crippen molar-refractivity contribution in [2.45, 2.75) is 25.7 Å². The number of allylic oxidation sites excluding steroid dienone is 2. The van der Waals surface area contributed by atoms with Gasteiger partial charge in [0.1, 0.15) is 0 Å². The van der Waals surface area contributed by atoms with Crippen LogP contribution < -0.4 is 0 Å². The Hall–Kier alpha value is -1.04. The van der Waals surface area contributed by atoms with E-state index in [-0.39, 0.29) is 0 Å². The maximum atomic E-state index is 2.45. The number of hydrogen-bond acceptors (Lipinski definition) is 0. The third kappa shape index (κ3) is 1.08. The molecule has 1 fully saturated rings. The van der Waals surface area contributed by atoms with Crippen molar-refractivity contribution < 1.29 is 0 Å². The summed E-state index contributed by atoms with van der Waals surface area (Å²) in [6.07, 6.45) is 6.24. The van der Waals surface area contributed by atoms with Gasteiger partial charge in [0.2, 0.25) is 0 Å². The van der Waals surface area contributed by atoms with Crippen molar-refractivity contribution in [3.63, 3.8) is 0 Å². The topological polar surface area (TPSA) is 0 Å². The van der Waals surface area contributed by atoms with E-state index in [1.807, 2.05) is 0 Å². The second-order valence-electron chi connectivity index (χ2n) is 5.33. The van der Waals surface area contributed by atoms with E-state index in [4.69, 9.17) is 0 Å². The molecule has 0 nitrogen and oxygen atoms in total. The molecular weight excluding hydrogens is 180 g/mol. The summed E-state index contributed by atoms with van der Waals surface area (Å²) in [5.74, 6) is 2.37. The number of rotatable bonds is 1. The lowest BCUT2D eigenvalue weighted by molar-refractivity contribution is 0.291. The van der Waals surface area contributed by atoms with Gasteiger partial charge in [0.25, 0.3) is 0 Å². The van der Waals surface area contributed by atoms with Gasteiger partial charge < -0.3 is 0 Å². The van der Waals surface area contributed by atoms with Gasteiger partial charge in [0, 0.05) is 5.41 Å². The van der Waals surface area contributed by atoms with Crippen molar-refractivity contribution in [1.82, 2.24) is 0 Å². The number of benzene rings is 1. The van der Waals surface area contributed by atoms with Gasteiger partial charge in [0.15, 0.2) is 0 Å². The molecular formula is C15H18. The largest absolute Gasteiger partial charge is 0.0848 e. The maximum absolute atomic E-state index is 2.45. The van der Waals surface area contributed by atoms with Crippen LogP contribution >= 0.6 is 0 Å². The Balaban J connectivity index is 2.08. The molecule has 1 aromatic rings. The first-order valence-corrected chi connectivity index (χ1v) is 5.97. The third-order valence-electron chi connectivity index (χ3n) is 4.87. The van der Waals surface area contributed by atoms with Crippen LogP contribution in [0.2, 0.25) is 0 Å². The zero-order valence-electron chi connectivity index (χ0n) is 9.48. The van der Waals surface area contributed by atoms with Gasteiger partial charge in [-0.25, -0.2) is 0 Å². The quantitative estimate of drug-likeness (QED) is 0.602. The van der Waals surface area contributed by atoms with Crippen LogP contribution in [0.4, 0.5) is 0 Å². The summed E-state index contributed by atoms with van der Waals surface area (Å²) in [6.45, 7) is 4.86. The lowest BCUT2D eigenvalue weighted by Gasteiger charge is -2.37. The van der Waals surface area contributed by atoms with Crippen molar-refractivity contribution in [2.75, 3.05) is 0 Å². The molecule has 3 rings (SSSR count). The molecule has 0 aromatic heterocycles. The highest BCUT2D eigenvalue weighted by atomic mass is 14.5. The first-order chi connectivity index (χ1) is 7.23. The lowest BCUT2D eigenvalue weighted by atomic mass is 9.66. The summed E-state index contributed by atoms with van der Waals surface area (Å²) >= 11 is 0. The summed E-state index contributed by atoms with van der Waals surface area (Å²) < 4.78 is 0. The maximum Gasteiger partial charge on any atom is 0.00188 e. The molecule has 2 bridgehead atoms. The summed E-state index contributed by atoms with van der Waals surface area (Å²) in [6, 6.07) is 11.0. The average molecular weight is 198 g/mol. The van der Waals surface area contributed by atoms with E-state index in [0.29, 0.717) is 5.41 Å². The average Bonchev–Trinajstić information content (AvgIpc) is 2.84. The minimum atomic E-state index is 0.376. The first kappa shape index (κ1) is 9.21. The van der Waals surface area contributed by atoms with Crippen LogP contribution in [0.1, 0.15) is 25.8 Å². The van der Waals surface area contributed by atoms with Gasteiger partial charge in [-0.2, -0.15) is 0 Å². The zero-order chi connectivity index (χ0) is 10.5. The summed E-state index contributed by atoms with van der Waals surface area (Å²) in [5, 5.41) is 0. The molecule has 0 radical (unpaired) electrons. The molecule has 0 aliphatic heterocycles. The number of fused-ring (bicyclic) bond motifs is 2. The fraction of sp³-hybridized carbons (Fsp3) is 0.467. The second kappa shape index (κ2) is 2.98. The predicted octanol–water partition coefficient (Wildman–Crippen LogP) is 3.79. The second-order valence-corrected chi connectivity index (χ2v) is 5.33. The highest BCUT2D eigenvalue weighted by Gasteiger charge is 2.51. The van der Waals surface area contributed by atoms with E-state index in [0.717, 1.165) is 17.8 Å². The Morgan fingerprint density at radius 1 is 1.13 bits per heavy atom. The van der Waals surface area contributed by atoms with Crippen LogP contribution in [0, 0.1) is 17.8 Å². The van der Waals surface area contributed by atoms with Gasteiger partial charge in [-0.15, -0.1) is 0 Å². The van der Waals surface area contributed by atoms with Crippen LogP contribution in [0.5, 0.6) is 0 Å². The van der Waals surface area contributed by atoms with E-state index in [9.17, 15) is 0 Å². The van der Waals surface area contributed by atoms with Crippen LogP contribution in [0.15, 0.2) is 42.5 Å². The van der Waals surface area contributed by atoms with E-state index >= 15 is 0 Å². The monoisotopic (exact) mass is 198 g/mol. The molecule has 0 spiro atoms. The van der Waals surface area contributed by atoms with Crippen molar-refractivity contribution in [1.29, 1.82) is 0 Å². The fourth-order valence-electron chi connectivity index (χ4n) is 3.60.